The Morgan fingerprint density at radius 1 is 1.40 bits per heavy atom. The number of rotatable bonds is 5. The maximum absolute atomic E-state index is 5.47. The van der Waals surface area contributed by atoms with E-state index < -0.39 is 0 Å². The zero-order chi connectivity index (χ0) is 13.9. The molecule has 0 aliphatic heterocycles. The topological polar surface area (TPSA) is 66.7 Å². The van der Waals surface area contributed by atoms with E-state index in [4.69, 9.17) is 5.73 Å². The molecule has 0 atom stereocenters. The van der Waals surface area contributed by atoms with Crippen molar-refractivity contribution in [1.82, 2.24) is 14.7 Å². The molecular formula is C14H16N4S2. The van der Waals surface area contributed by atoms with Gasteiger partial charge in [-0.25, -0.2) is 4.98 Å². The zero-order valence-corrected chi connectivity index (χ0v) is 12.8. The molecule has 0 unspecified atom stereocenters. The SMILES string of the molecule is Cc1cc2c(-c3ccc(SNCCN)s3)ccnc2[nH]1. The summed E-state index contributed by atoms with van der Waals surface area (Å²) >= 11 is 3.41. The summed E-state index contributed by atoms with van der Waals surface area (Å²) in [6, 6.07) is 8.52. The van der Waals surface area contributed by atoms with E-state index in [1.165, 1.54) is 20.0 Å². The molecule has 4 N–H and O–H groups in total. The number of nitrogens with one attached hydrogen (secondary N) is 2. The van der Waals surface area contributed by atoms with Gasteiger partial charge in [-0.1, -0.05) is 0 Å². The molecule has 0 saturated heterocycles. The van der Waals surface area contributed by atoms with E-state index in [1.54, 1.807) is 23.3 Å². The summed E-state index contributed by atoms with van der Waals surface area (Å²) in [5.41, 5.74) is 8.79. The predicted molar refractivity (Wildman–Crippen MR) is 87.1 cm³/mol. The van der Waals surface area contributed by atoms with Crippen LogP contribution in [0.5, 0.6) is 0 Å². The van der Waals surface area contributed by atoms with Crippen LogP contribution in [0.25, 0.3) is 21.5 Å². The largest absolute Gasteiger partial charge is 0.344 e. The van der Waals surface area contributed by atoms with E-state index in [1.807, 2.05) is 6.20 Å². The highest BCUT2D eigenvalue weighted by atomic mass is 32.2. The number of fused-ring (bicyclic) bond motifs is 1. The van der Waals surface area contributed by atoms with Gasteiger partial charge >= 0.3 is 0 Å². The van der Waals surface area contributed by atoms with Crippen molar-refractivity contribution in [3.8, 4) is 10.4 Å². The Hall–Kier alpha value is -1.34. The van der Waals surface area contributed by atoms with Crippen molar-refractivity contribution >= 4 is 34.3 Å². The minimum atomic E-state index is 0.652. The normalized spacial score (nSPS) is 11.3. The van der Waals surface area contributed by atoms with Crippen molar-refractivity contribution in [3.05, 3.63) is 36.2 Å². The van der Waals surface area contributed by atoms with Crippen molar-refractivity contribution in [2.45, 2.75) is 11.1 Å². The minimum absolute atomic E-state index is 0.652. The van der Waals surface area contributed by atoms with Gasteiger partial charge in [0, 0.05) is 40.8 Å². The van der Waals surface area contributed by atoms with E-state index in [0.29, 0.717) is 6.54 Å². The first-order valence-electron chi connectivity index (χ1n) is 6.42. The van der Waals surface area contributed by atoms with E-state index >= 15 is 0 Å². The Labute approximate surface area is 125 Å². The van der Waals surface area contributed by atoms with Crippen LogP contribution in [-0.4, -0.2) is 23.1 Å². The first-order chi connectivity index (χ1) is 9.78. The Bertz CT molecular complexity index is 717. The van der Waals surface area contributed by atoms with Crippen LogP contribution in [0.1, 0.15) is 5.69 Å². The number of aryl methyl sites for hydroxylation is 1. The van der Waals surface area contributed by atoms with Crippen LogP contribution in [0.3, 0.4) is 0 Å². The molecule has 4 nitrogen and oxygen atoms in total. The number of hydrogen-bond acceptors (Lipinski definition) is 5. The van der Waals surface area contributed by atoms with Gasteiger partial charge < -0.3 is 10.7 Å². The first kappa shape index (κ1) is 13.6. The number of hydrogen-bond donors (Lipinski definition) is 3. The summed E-state index contributed by atoms with van der Waals surface area (Å²) in [7, 11) is 0. The van der Waals surface area contributed by atoms with Crippen LogP contribution in [0.4, 0.5) is 0 Å². The molecule has 0 aromatic carbocycles. The summed E-state index contributed by atoms with van der Waals surface area (Å²) < 4.78 is 4.48. The summed E-state index contributed by atoms with van der Waals surface area (Å²) in [6.45, 7) is 3.52. The number of nitrogens with zero attached hydrogens (tertiary/aromatic N) is 1. The van der Waals surface area contributed by atoms with Crippen LogP contribution in [0.2, 0.25) is 0 Å². The minimum Gasteiger partial charge on any atom is -0.344 e. The van der Waals surface area contributed by atoms with Crippen molar-refractivity contribution in [2.24, 2.45) is 5.73 Å². The third kappa shape index (κ3) is 2.73. The molecule has 0 aliphatic rings. The lowest BCUT2D eigenvalue weighted by atomic mass is 10.1. The second-order valence-corrected chi connectivity index (χ2v) is 6.75. The molecule has 3 aromatic rings. The average molecular weight is 304 g/mol. The van der Waals surface area contributed by atoms with Gasteiger partial charge in [0.2, 0.25) is 0 Å². The second kappa shape index (κ2) is 5.97. The Morgan fingerprint density at radius 2 is 2.30 bits per heavy atom. The number of aromatic nitrogens is 2. The monoisotopic (exact) mass is 304 g/mol. The maximum Gasteiger partial charge on any atom is 0.138 e. The van der Waals surface area contributed by atoms with E-state index in [2.05, 4.69) is 45.9 Å². The molecule has 0 bridgehead atoms. The number of pyridine rings is 1. The fraction of sp³-hybridized carbons (Fsp3) is 0.214. The van der Waals surface area contributed by atoms with Gasteiger partial charge in [0.1, 0.15) is 5.65 Å². The molecule has 0 aliphatic carbocycles. The van der Waals surface area contributed by atoms with Gasteiger partial charge in [-0.15, -0.1) is 11.3 Å². The highest BCUT2D eigenvalue weighted by Gasteiger charge is 2.09. The van der Waals surface area contributed by atoms with Crippen LogP contribution >= 0.6 is 23.3 Å². The average Bonchev–Trinajstić information content (AvgIpc) is 3.04. The standard InChI is InChI=1S/C14H16N4S2/c1-9-8-11-10(4-6-16-14(11)18-9)12-2-3-13(19-12)20-17-7-5-15/h2-4,6,8,17H,5,7,15H2,1H3,(H,16,18). The van der Waals surface area contributed by atoms with Crippen molar-refractivity contribution in [3.63, 3.8) is 0 Å². The van der Waals surface area contributed by atoms with E-state index in [9.17, 15) is 0 Å². The molecule has 0 spiro atoms. The second-order valence-electron chi connectivity index (χ2n) is 4.48. The van der Waals surface area contributed by atoms with Gasteiger partial charge in [-0.3, -0.25) is 4.72 Å². The van der Waals surface area contributed by atoms with Crippen LogP contribution in [0, 0.1) is 6.92 Å². The van der Waals surface area contributed by atoms with Crippen molar-refractivity contribution in [1.29, 1.82) is 0 Å². The fourth-order valence-electron chi connectivity index (χ4n) is 2.07. The van der Waals surface area contributed by atoms with Crippen LogP contribution < -0.4 is 10.5 Å². The van der Waals surface area contributed by atoms with Gasteiger partial charge in [0.05, 0.1) is 4.21 Å². The lowest BCUT2D eigenvalue weighted by molar-refractivity contribution is 0.918. The van der Waals surface area contributed by atoms with Gasteiger partial charge in [0.25, 0.3) is 0 Å². The molecule has 3 aromatic heterocycles. The van der Waals surface area contributed by atoms with E-state index in [-0.39, 0.29) is 0 Å². The Balaban J connectivity index is 1.91. The summed E-state index contributed by atoms with van der Waals surface area (Å²) in [5, 5.41) is 1.18. The van der Waals surface area contributed by atoms with Gasteiger partial charge in [-0.2, -0.15) is 0 Å². The molecule has 104 valence electrons. The molecule has 0 radical (unpaired) electrons. The van der Waals surface area contributed by atoms with Crippen molar-refractivity contribution < 1.29 is 0 Å². The van der Waals surface area contributed by atoms with Gasteiger partial charge in [0.15, 0.2) is 0 Å². The molecule has 0 fully saturated rings. The van der Waals surface area contributed by atoms with E-state index in [0.717, 1.165) is 17.9 Å². The lowest BCUT2D eigenvalue weighted by Crippen LogP contribution is -2.15. The number of aromatic amines is 1. The summed E-state index contributed by atoms with van der Waals surface area (Å²) in [4.78, 5) is 8.91. The predicted octanol–water partition coefficient (Wildman–Crippen LogP) is 3.16. The smallest absolute Gasteiger partial charge is 0.138 e. The highest BCUT2D eigenvalue weighted by molar-refractivity contribution is 7.99. The lowest BCUT2D eigenvalue weighted by Gasteiger charge is -2.00. The number of thiophene rings is 1. The maximum atomic E-state index is 5.47. The number of H-pyrrole nitrogens is 1. The molecule has 0 amide bonds. The fourth-order valence-corrected chi connectivity index (χ4v) is 3.96. The molecule has 20 heavy (non-hydrogen) atoms. The molecule has 3 heterocycles. The zero-order valence-electron chi connectivity index (χ0n) is 11.1. The molecular weight excluding hydrogens is 288 g/mol. The van der Waals surface area contributed by atoms with Crippen LogP contribution in [-0.2, 0) is 0 Å². The summed E-state index contributed by atoms with van der Waals surface area (Å²) in [5.74, 6) is 0. The molecule has 0 saturated carbocycles. The third-order valence-electron chi connectivity index (χ3n) is 2.93. The Morgan fingerprint density at radius 3 is 3.15 bits per heavy atom. The third-order valence-corrected chi connectivity index (χ3v) is 5.03. The number of nitrogens with two attached hydrogens (primary N) is 1. The Kier molecular flexibility index (Phi) is 4.07. The molecule has 3 rings (SSSR count). The van der Waals surface area contributed by atoms with Gasteiger partial charge in [-0.05, 0) is 43.1 Å². The van der Waals surface area contributed by atoms with Crippen molar-refractivity contribution in [2.75, 3.05) is 13.1 Å². The quantitative estimate of drug-likeness (QED) is 0.500. The highest BCUT2D eigenvalue weighted by Crippen LogP contribution is 2.36. The first-order valence-corrected chi connectivity index (χ1v) is 8.05. The summed E-state index contributed by atoms with van der Waals surface area (Å²) in [6.07, 6.45) is 1.85. The molecule has 6 heteroatoms. The van der Waals surface area contributed by atoms with Crippen LogP contribution in [0.15, 0.2) is 34.7 Å².